The highest BCUT2D eigenvalue weighted by Crippen LogP contribution is 1.77. The van der Waals surface area contributed by atoms with E-state index in [2.05, 4.69) is 6.92 Å². The van der Waals surface area contributed by atoms with E-state index in [1.807, 2.05) is 6.92 Å². The van der Waals surface area contributed by atoms with Gasteiger partial charge in [0.25, 0.3) is 0 Å². The highest BCUT2D eigenvalue weighted by Gasteiger charge is 1.79. The molecule has 0 aromatic heterocycles. The second-order valence-corrected chi connectivity index (χ2v) is 1.39. The van der Waals surface area contributed by atoms with Crippen molar-refractivity contribution in [3.05, 3.63) is 0 Å². The first kappa shape index (κ1) is 9.35. The van der Waals surface area contributed by atoms with Crippen LogP contribution in [-0.2, 0) is 0 Å². The molecule has 1 unspecified atom stereocenters. The van der Waals surface area contributed by atoms with Gasteiger partial charge in [0.15, 0.2) is 0 Å². The fraction of sp³-hybridized carbons (Fsp3) is 1.00. The second-order valence-electron chi connectivity index (χ2n) is 1.39. The zero-order chi connectivity index (χ0) is 4.28. The molecule has 0 aliphatic heterocycles. The van der Waals surface area contributed by atoms with Gasteiger partial charge < -0.3 is 5.73 Å². The predicted octanol–water partition coefficient (Wildman–Crippen LogP) is 1.38. The third-order valence-electron chi connectivity index (χ3n) is 0.644. The van der Waals surface area contributed by atoms with Gasteiger partial charge in [-0.15, -0.1) is 0 Å². The summed E-state index contributed by atoms with van der Waals surface area (Å²) in [7, 11) is 0. The van der Waals surface area contributed by atoms with E-state index in [1.165, 1.54) is 0 Å². The molecule has 0 fully saturated rings. The number of nitrogens with two attached hydrogens (primary N) is 1. The average molecular weight is 89.2 g/mol. The molecule has 0 aliphatic rings. The molecule has 0 aliphatic carbocycles. The van der Waals surface area contributed by atoms with Crippen LogP contribution in [-0.4, -0.2) is 6.04 Å². The van der Waals surface area contributed by atoms with E-state index in [4.69, 9.17) is 5.73 Å². The van der Waals surface area contributed by atoms with Gasteiger partial charge in [0.2, 0.25) is 0 Å². The normalized spacial score (nSPS) is 12.5. The molecule has 0 heterocycles. The Kier molecular flexibility index (Phi) is 7.73. The molecule has 1 heteroatoms. The molecule has 1 nitrogen and oxygen atoms in total. The Balaban J connectivity index is 0. The Morgan fingerprint density at radius 3 is 1.83 bits per heavy atom. The third kappa shape index (κ3) is 9.03. The monoisotopic (exact) mass is 89.1 g/mol. The van der Waals surface area contributed by atoms with Crippen LogP contribution >= 0.6 is 0 Å². The van der Waals surface area contributed by atoms with Gasteiger partial charge in [-0.3, -0.25) is 0 Å². The van der Waals surface area contributed by atoms with Crippen LogP contribution in [0.1, 0.15) is 27.7 Å². The molecular formula is C5H15N. The molecule has 0 amide bonds. The Labute approximate surface area is 40.5 Å². The molecule has 0 saturated carbocycles. The van der Waals surface area contributed by atoms with Crippen molar-refractivity contribution in [3.8, 4) is 0 Å². The first-order chi connectivity index (χ1) is 2.27. The van der Waals surface area contributed by atoms with E-state index in [1.54, 1.807) is 0 Å². The smallest absolute Gasteiger partial charge is 0.000781 e. The Hall–Kier alpha value is -0.0400. The van der Waals surface area contributed by atoms with Gasteiger partial charge in [0.1, 0.15) is 0 Å². The minimum absolute atomic E-state index is 0. The van der Waals surface area contributed by atoms with E-state index < -0.39 is 0 Å². The van der Waals surface area contributed by atoms with E-state index in [9.17, 15) is 0 Å². The van der Waals surface area contributed by atoms with Crippen molar-refractivity contribution < 1.29 is 0 Å². The maximum atomic E-state index is 5.29. The summed E-state index contributed by atoms with van der Waals surface area (Å²) in [6, 6.07) is 0.384. The van der Waals surface area contributed by atoms with Crippen molar-refractivity contribution in [2.45, 2.75) is 33.7 Å². The fourth-order valence-corrected chi connectivity index (χ4v) is 0. The molecule has 40 valence electrons. The summed E-state index contributed by atoms with van der Waals surface area (Å²) in [5.74, 6) is 0. The van der Waals surface area contributed by atoms with Crippen LogP contribution < -0.4 is 5.73 Å². The zero-order valence-electron chi connectivity index (χ0n) is 3.86. The van der Waals surface area contributed by atoms with Crippen molar-refractivity contribution >= 4 is 0 Å². The van der Waals surface area contributed by atoms with Crippen molar-refractivity contribution in [1.29, 1.82) is 0 Å². The summed E-state index contributed by atoms with van der Waals surface area (Å²) in [6.45, 7) is 4.07. The lowest BCUT2D eigenvalue weighted by atomic mass is 10.3. The highest BCUT2D eigenvalue weighted by molar-refractivity contribution is 4.43. The Bertz CT molecular complexity index is 17.9. The van der Waals surface area contributed by atoms with Crippen molar-refractivity contribution in [1.82, 2.24) is 0 Å². The minimum Gasteiger partial charge on any atom is -0.328 e. The second kappa shape index (κ2) is 4.96. The minimum atomic E-state index is 0. The standard InChI is InChI=1S/C4H11N.CH4/c1-3-4(2)5;/h4H,3,5H2,1-2H3;1H4. The van der Waals surface area contributed by atoms with Gasteiger partial charge in [-0.25, -0.2) is 0 Å². The quantitative estimate of drug-likeness (QED) is 0.516. The first-order valence-electron chi connectivity index (χ1n) is 2.03. The Morgan fingerprint density at radius 1 is 1.67 bits per heavy atom. The summed E-state index contributed by atoms with van der Waals surface area (Å²) in [4.78, 5) is 0. The van der Waals surface area contributed by atoms with E-state index in [0.29, 0.717) is 6.04 Å². The molecule has 0 radical (unpaired) electrons. The number of hydrogen-bond acceptors (Lipinski definition) is 1. The lowest BCUT2D eigenvalue weighted by molar-refractivity contribution is 0.715. The van der Waals surface area contributed by atoms with Gasteiger partial charge in [-0.05, 0) is 13.3 Å². The summed E-state index contributed by atoms with van der Waals surface area (Å²) >= 11 is 0. The van der Waals surface area contributed by atoms with Crippen molar-refractivity contribution in [3.63, 3.8) is 0 Å². The number of rotatable bonds is 1. The molecule has 1 atom stereocenters. The summed E-state index contributed by atoms with van der Waals surface area (Å²) in [5.41, 5.74) is 5.29. The van der Waals surface area contributed by atoms with Crippen LogP contribution in [0.5, 0.6) is 0 Å². The zero-order valence-corrected chi connectivity index (χ0v) is 3.86. The summed E-state index contributed by atoms with van der Waals surface area (Å²) in [6.07, 6.45) is 1.08. The molecule has 0 saturated heterocycles. The van der Waals surface area contributed by atoms with Crippen LogP contribution in [0.3, 0.4) is 0 Å². The van der Waals surface area contributed by atoms with Crippen LogP contribution in [0.25, 0.3) is 0 Å². The van der Waals surface area contributed by atoms with Gasteiger partial charge in [0, 0.05) is 6.04 Å². The molecular weight excluding hydrogens is 74.1 g/mol. The molecule has 0 spiro atoms. The van der Waals surface area contributed by atoms with Crippen molar-refractivity contribution in [2.75, 3.05) is 0 Å². The highest BCUT2D eigenvalue weighted by atomic mass is 14.6. The van der Waals surface area contributed by atoms with Gasteiger partial charge >= 0.3 is 0 Å². The molecule has 6 heavy (non-hydrogen) atoms. The first-order valence-corrected chi connectivity index (χ1v) is 2.03. The fourth-order valence-electron chi connectivity index (χ4n) is 0. The lowest BCUT2D eigenvalue weighted by Crippen LogP contribution is -2.11. The van der Waals surface area contributed by atoms with Crippen LogP contribution in [0, 0.1) is 0 Å². The van der Waals surface area contributed by atoms with Gasteiger partial charge in [-0.1, -0.05) is 14.4 Å². The number of hydrogen-bond donors (Lipinski definition) is 1. The third-order valence-corrected chi connectivity index (χ3v) is 0.644. The Morgan fingerprint density at radius 2 is 1.83 bits per heavy atom. The SMILES string of the molecule is C.CCC(C)N. The summed E-state index contributed by atoms with van der Waals surface area (Å²) < 4.78 is 0. The van der Waals surface area contributed by atoms with Gasteiger partial charge in [-0.2, -0.15) is 0 Å². The van der Waals surface area contributed by atoms with Crippen LogP contribution in [0.2, 0.25) is 0 Å². The lowest BCUT2D eigenvalue weighted by Gasteiger charge is -1.91. The average Bonchev–Trinajstić information content (AvgIpc) is 1.38. The van der Waals surface area contributed by atoms with Gasteiger partial charge in [0.05, 0.1) is 0 Å². The molecule has 0 rings (SSSR count). The summed E-state index contributed by atoms with van der Waals surface area (Å²) in [5, 5.41) is 0. The van der Waals surface area contributed by atoms with E-state index in [0.717, 1.165) is 6.42 Å². The largest absolute Gasteiger partial charge is 0.328 e. The molecule has 0 aromatic carbocycles. The molecule has 2 N–H and O–H groups in total. The maximum Gasteiger partial charge on any atom is 0.000781 e. The van der Waals surface area contributed by atoms with E-state index >= 15 is 0 Å². The topological polar surface area (TPSA) is 26.0 Å². The van der Waals surface area contributed by atoms with Crippen molar-refractivity contribution in [2.24, 2.45) is 5.73 Å². The van der Waals surface area contributed by atoms with E-state index in [-0.39, 0.29) is 7.43 Å². The van der Waals surface area contributed by atoms with Crippen LogP contribution in [0.15, 0.2) is 0 Å². The maximum absolute atomic E-state index is 5.29. The molecule has 0 aromatic rings. The predicted molar refractivity (Wildman–Crippen MR) is 30.7 cm³/mol. The van der Waals surface area contributed by atoms with Crippen LogP contribution in [0.4, 0.5) is 0 Å². The molecule has 0 bridgehead atoms.